The number of rotatable bonds is 3. The van der Waals surface area contributed by atoms with Crippen molar-refractivity contribution in [2.75, 3.05) is 6.54 Å². The number of nitrogens with one attached hydrogen (secondary N) is 1. The summed E-state index contributed by atoms with van der Waals surface area (Å²) in [6, 6.07) is 6.17. The standard InChI is InChI=1S/C15H16N4O3/c1-9-16-13(18-17-9)10-4-6-11(7-5-10)14(20)19-8-2-3-12(19)15(21)22/h4-7,12H,2-3,8H2,1H3,(H,21,22)(H,16,17,18). The van der Waals surface area contributed by atoms with Crippen LogP contribution in [0.2, 0.25) is 0 Å². The molecule has 0 radical (unpaired) electrons. The number of carboxylic acid groups (broad SMARTS) is 1. The average molecular weight is 300 g/mol. The minimum absolute atomic E-state index is 0.248. The van der Waals surface area contributed by atoms with E-state index in [9.17, 15) is 9.59 Å². The molecule has 1 atom stereocenters. The van der Waals surface area contributed by atoms with Crippen molar-refractivity contribution in [3.8, 4) is 11.4 Å². The number of amides is 1. The van der Waals surface area contributed by atoms with Gasteiger partial charge < -0.3 is 10.0 Å². The molecule has 1 amide bonds. The van der Waals surface area contributed by atoms with Gasteiger partial charge in [-0.1, -0.05) is 12.1 Å². The van der Waals surface area contributed by atoms with Gasteiger partial charge in [0.05, 0.1) is 0 Å². The highest BCUT2D eigenvalue weighted by Crippen LogP contribution is 2.22. The predicted molar refractivity (Wildman–Crippen MR) is 78.3 cm³/mol. The number of hydrogen-bond donors (Lipinski definition) is 2. The molecule has 0 spiro atoms. The van der Waals surface area contributed by atoms with E-state index in [-0.39, 0.29) is 5.91 Å². The average Bonchev–Trinajstić information content (AvgIpc) is 3.15. The Morgan fingerprint density at radius 2 is 2.05 bits per heavy atom. The van der Waals surface area contributed by atoms with Crippen LogP contribution in [0.25, 0.3) is 11.4 Å². The van der Waals surface area contributed by atoms with Gasteiger partial charge in [0.2, 0.25) is 0 Å². The van der Waals surface area contributed by atoms with Gasteiger partial charge in [-0.05, 0) is 31.9 Å². The Morgan fingerprint density at radius 1 is 1.32 bits per heavy atom. The molecule has 7 heteroatoms. The number of H-pyrrole nitrogens is 1. The summed E-state index contributed by atoms with van der Waals surface area (Å²) in [4.78, 5) is 29.3. The van der Waals surface area contributed by atoms with Crippen molar-refractivity contribution in [1.29, 1.82) is 0 Å². The van der Waals surface area contributed by atoms with Gasteiger partial charge in [0, 0.05) is 17.7 Å². The van der Waals surface area contributed by atoms with Crippen molar-refractivity contribution in [2.45, 2.75) is 25.8 Å². The van der Waals surface area contributed by atoms with Crippen LogP contribution in [-0.2, 0) is 4.79 Å². The van der Waals surface area contributed by atoms with Crippen LogP contribution in [0.5, 0.6) is 0 Å². The number of nitrogens with zero attached hydrogens (tertiary/aromatic N) is 3. The van der Waals surface area contributed by atoms with E-state index in [2.05, 4.69) is 15.2 Å². The molecule has 114 valence electrons. The summed E-state index contributed by atoms with van der Waals surface area (Å²) in [6.45, 7) is 2.30. The highest BCUT2D eigenvalue weighted by atomic mass is 16.4. The zero-order valence-corrected chi connectivity index (χ0v) is 12.1. The van der Waals surface area contributed by atoms with Gasteiger partial charge in [0.1, 0.15) is 11.9 Å². The molecule has 1 unspecified atom stereocenters. The minimum Gasteiger partial charge on any atom is -0.480 e. The molecule has 0 bridgehead atoms. The maximum absolute atomic E-state index is 12.4. The van der Waals surface area contributed by atoms with Crippen LogP contribution in [0.4, 0.5) is 0 Å². The summed E-state index contributed by atoms with van der Waals surface area (Å²) in [5.41, 5.74) is 1.28. The molecule has 1 aliphatic heterocycles. The van der Waals surface area contributed by atoms with Gasteiger partial charge in [-0.3, -0.25) is 9.89 Å². The molecule has 3 rings (SSSR count). The molecule has 2 heterocycles. The second kappa shape index (κ2) is 5.59. The highest BCUT2D eigenvalue weighted by Gasteiger charge is 2.34. The lowest BCUT2D eigenvalue weighted by Gasteiger charge is -2.21. The van der Waals surface area contributed by atoms with E-state index in [4.69, 9.17) is 5.11 Å². The summed E-state index contributed by atoms with van der Waals surface area (Å²) in [7, 11) is 0. The van der Waals surface area contributed by atoms with Crippen LogP contribution in [0.1, 0.15) is 29.0 Å². The van der Waals surface area contributed by atoms with Crippen LogP contribution in [-0.4, -0.2) is 49.7 Å². The zero-order chi connectivity index (χ0) is 15.7. The van der Waals surface area contributed by atoms with Crippen LogP contribution >= 0.6 is 0 Å². The number of benzene rings is 1. The van der Waals surface area contributed by atoms with Crippen molar-refractivity contribution in [3.05, 3.63) is 35.7 Å². The quantitative estimate of drug-likeness (QED) is 0.894. The van der Waals surface area contributed by atoms with Crippen molar-refractivity contribution in [2.24, 2.45) is 0 Å². The van der Waals surface area contributed by atoms with Crippen molar-refractivity contribution < 1.29 is 14.7 Å². The molecule has 1 saturated heterocycles. The molecule has 1 aromatic heterocycles. The molecule has 1 aromatic carbocycles. The SMILES string of the molecule is Cc1nc(-c2ccc(C(=O)N3CCCC3C(=O)O)cc2)n[nH]1. The first kappa shape index (κ1) is 14.2. The first-order chi connectivity index (χ1) is 10.6. The number of carbonyl (C=O) groups is 2. The molecule has 2 aromatic rings. The Bertz CT molecular complexity index is 708. The summed E-state index contributed by atoms with van der Waals surface area (Å²) >= 11 is 0. The lowest BCUT2D eigenvalue weighted by molar-refractivity contribution is -0.141. The Morgan fingerprint density at radius 3 is 2.64 bits per heavy atom. The monoisotopic (exact) mass is 300 g/mol. The topological polar surface area (TPSA) is 99.2 Å². The number of aromatic amines is 1. The van der Waals surface area contributed by atoms with Crippen LogP contribution in [0, 0.1) is 6.92 Å². The Kier molecular flexibility index (Phi) is 3.62. The number of aliphatic carboxylic acids is 1. The van der Waals surface area contributed by atoms with Crippen molar-refractivity contribution in [3.63, 3.8) is 0 Å². The van der Waals surface area contributed by atoms with E-state index >= 15 is 0 Å². The van der Waals surface area contributed by atoms with Crippen molar-refractivity contribution >= 4 is 11.9 Å². The predicted octanol–water partition coefficient (Wildman–Crippen LogP) is 1.47. The number of aromatic nitrogens is 3. The van der Waals surface area contributed by atoms with Gasteiger partial charge in [-0.25, -0.2) is 9.78 Å². The Hall–Kier alpha value is -2.70. The molecule has 0 saturated carbocycles. The molecule has 7 nitrogen and oxygen atoms in total. The maximum Gasteiger partial charge on any atom is 0.326 e. The van der Waals surface area contributed by atoms with E-state index in [0.717, 1.165) is 17.8 Å². The fraction of sp³-hybridized carbons (Fsp3) is 0.333. The molecule has 1 aliphatic rings. The normalized spacial score (nSPS) is 17.7. The molecule has 22 heavy (non-hydrogen) atoms. The molecule has 0 aliphatic carbocycles. The van der Waals surface area contributed by atoms with E-state index < -0.39 is 12.0 Å². The lowest BCUT2D eigenvalue weighted by Crippen LogP contribution is -2.40. The van der Waals surface area contributed by atoms with E-state index in [1.807, 2.05) is 6.92 Å². The van der Waals surface area contributed by atoms with Gasteiger partial charge in [-0.2, -0.15) is 5.10 Å². The maximum atomic E-state index is 12.4. The third kappa shape index (κ3) is 2.57. The Labute approximate surface area is 127 Å². The van der Waals surface area contributed by atoms with Crippen LogP contribution in [0.15, 0.2) is 24.3 Å². The zero-order valence-electron chi connectivity index (χ0n) is 12.1. The lowest BCUT2D eigenvalue weighted by atomic mass is 10.1. The number of hydrogen-bond acceptors (Lipinski definition) is 4. The fourth-order valence-electron chi connectivity index (χ4n) is 2.67. The number of aryl methyl sites for hydroxylation is 1. The summed E-state index contributed by atoms with van der Waals surface area (Å²) in [5, 5.41) is 16.0. The van der Waals surface area contributed by atoms with Gasteiger partial charge in [0.25, 0.3) is 5.91 Å². The van der Waals surface area contributed by atoms with Crippen LogP contribution < -0.4 is 0 Å². The molecule has 2 N–H and O–H groups in total. The van der Waals surface area contributed by atoms with Gasteiger partial charge >= 0.3 is 5.97 Å². The first-order valence-corrected chi connectivity index (χ1v) is 7.09. The summed E-state index contributed by atoms with van der Waals surface area (Å²) in [6.07, 6.45) is 1.23. The fourth-order valence-corrected chi connectivity index (χ4v) is 2.67. The third-order valence-corrected chi connectivity index (χ3v) is 3.79. The second-order valence-electron chi connectivity index (χ2n) is 5.32. The minimum atomic E-state index is -0.946. The van der Waals surface area contributed by atoms with E-state index in [0.29, 0.717) is 24.4 Å². The second-order valence-corrected chi connectivity index (χ2v) is 5.32. The number of carbonyl (C=O) groups excluding carboxylic acids is 1. The van der Waals surface area contributed by atoms with Gasteiger partial charge in [0.15, 0.2) is 5.82 Å². The smallest absolute Gasteiger partial charge is 0.326 e. The van der Waals surface area contributed by atoms with Gasteiger partial charge in [-0.15, -0.1) is 0 Å². The van der Waals surface area contributed by atoms with Crippen LogP contribution in [0.3, 0.4) is 0 Å². The molecular formula is C15H16N4O3. The summed E-state index contributed by atoms with van der Waals surface area (Å²) < 4.78 is 0. The highest BCUT2D eigenvalue weighted by molar-refractivity contribution is 5.97. The number of likely N-dealkylation sites (tertiary alicyclic amines) is 1. The van der Waals surface area contributed by atoms with Crippen molar-refractivity contribution in [1.82, 2.24) is 20.1 Å². The molecule has 1 fully saturated rings. The summed E-state index contributed by atoms with van der Waals surface area (Å²) in [5.74, 6) is 0.0962. The molecular weight excluding hydrogens is 284 g/mol. The third-order valence-electron chi connectivity index (χ3n) is 3.79. The van der Waals surface area contributed by atoms with E-state index in [1.165, 1.54) is 4.90 Å². The van der Waals surface area contributed by atoms with E-state index in [1.54, 1.807) is 24.3 Å². The largest absolute Gasteiger partial charge is 0.480 e. The Balaban J connectivity index is 1.80. The first-order valence-electron chi connectivity index (χ1n) is 7.09. The number of carboxylic acids is 1.